The summed E-state index contributed by atoms with van der Waals surface area (Å²) in [6.07, 6.45) is 2.17. The van der Waals surface area contributed by atoms with Gasteiger partial charge in [-0.1, -0.05) is 0 Å². The highest BCUT2D eigenvalue weighted by Crippen LogP contribution is 2.24. The molecule has 2 heterocycles. The minimum Gasteiger partial charge on any atom is -0.313 e. The van der Waals surface area contributed by atoms with Crippen molar-refractivity contribution in [3.8, 4) is 0 Å². The van der Waals surface area contributed by atoms with E-state index >= 15 is 0 Å². The van der Waals surface area contributed by atoms with Crippen LogP contribution in [-0.4, -0.2) is 27.5 Å². The molecule has 0 amide bonds. The van der Waals surface area contributed by atoms with Crippen molar-refractivity contribution in [2.45, 2.75) is 37.6 Å². The van der Waals surface area contributed by atoms with E-state index in [-0.39, 0.29) is 18.4 Å². The lowest BCUT2D eigenvalue weighted by Gasteiger charge is -2.11. The van der Waals surface area contributed by atoms with Gasteiger partial charge in [0.15, 0.2) is 0 Å². The molecule has 4 nitrogen and oxygen atoms in total. The van der Waals surface area contributed by atoms with Gasteiger partial charge < -0.3 is 5.32 Å². The van der Waals surface area contributed by atoms with E-state index < -0.39 is 10.0 Å². The topological polar surface area (TPSA) is 58.2 Å². The van der Waals surface area contributed by atoms with Crippen LogP contribution in [0.5, 0.6) is 0 Å². The van der Waals surface area contributed by atoms with E-state index in [2.05, 4.69) is 10.0 Å². The summed E-state index contributed by atoms with van der Waals surface area (Å²) in [4.78, 5) is 2.31. The maximum Gasteiger partial charge on any atom is 0.241 e. The molecule has 1 saturated heterocycles. The smallest absolute Gasteiger partial charge is 0.241 e. The van der Waals surface area contributed by atoms with Gasteiger partial charge in [-0.3, -0.25) is 0 Å². The number of hydrogen-bond donors (Lipinski definition) is 2. The van der Waals surface area contributed by atoms with Gasteiger partial charge >= 0.3 is 0 Å². The molecule has 0 radical (unpaired) electrons. The lowest BCUT2D eigenvalue weighted by atomic mass is 10.2. The highest BCUT2D eigenvalue weighted by Gasteiger charge is 2.21. The average Bonchev–Trinajstić information content (AvgIpc) is 2.85. The fourth-order valence-corrected chi connectivity index (χ4v) is 4.73. The fourth-order valence-electron chi connectivity index (χ4n) is 2.09. The van der Waals surface area contributed by atoms with Crippen LogP contribution in [0.1, 0.15) is 22.6 Å². The molecule has 0 spiro atoms. The maximum atomic E-state index is 12.1. The Balaban J connectivity index is 0.00000162. The molecule has 1 aromatic rings. The third kappa shape index (κ3) is 3.68. The van der Waals surface area contributed by atoms with Crippen molar-refractivity contribution in [3.63, 3.8) is 0 Å². The molecule has 2 N–H and O–H groups in total. The summed E-state index contributed by atoms with van der Waals surface area (Å²) in [5, 5.41) is 3.28. The first-order valence-corrected chi connectivity index (χ1v) is 8.09. The van der Waals surface area contributed by atoms with Gasteiger partial charge in [-0.15, -0.1) is 23.7 Å². The van der Waals surface area contributed by atoms with Gasteiger partial charge in [0.2, 0.25) is 10.0 Å². The highest BCUT2D eigenvalue weighted by molar-refractivity contribution is 7.89. The zero-order valence-corrected chi connectivity index (χ0v) is 13.0. The Bertz CT molecular complexity index is 493. The van der Waals surface area contributed by atoms with Gasteiger partial charge in [0, 0.05) is 22.3 Å². The molecule has 1 atom stereocenters. The Morgan fingerprint density at radius 2 is 2.22 bits per heavy atom. The first kappa shape index (κ1) is 15.9. The van der Waals surface area contributed by atoms with Crippen LogP contribution in [0.25, 0.3) is 0 Å². The molecule has 1 unspecified atom stereocenters. The highest BCUT2D eigenvalue weighted by atomic mass is 35.5. The molecule has 2 rings (SSSR count). The zero-order valence-electron chi connectivity index (χ0n) is 10.5. The van der Waals surface area contributed by atoms with Crippen LogP contribution in [0.15, 0.2) is 11.0 Å². The van der Waals surface area contributed by atoms with Crippen molar-refractivity contribution in [2.24, 2.45) is 0 Å². The number of nitrogens with one attached hydrogen (secondary N) is 2. The van der Waals surface area contributed by atoms with Crippen LogP contribution < -0.4 is 10.0 Å². The molecule has 0 aromatic carbocycles. The molecule has 1 fully saturated rings. The molecule has 0 saturated carbocycles. The first-order valence-electron chi connectivity index (χ1n) is 5.79. The molecule has 0 aliphatic carbocycles. The summed E-state index contributed by atoms with van der Waals surface area (Å²) in [6.45, 7) is 5.24. The SMILES string of the molecule is Cc1cc(S(=O)(=O)NCC2CCCN2)c(C)s1.Cl. The minimum atomic E-state index is -3.34. The van der Waals surface area contributed by atoms with Crippen LogP contribution in [0.4, 0.5) is 0 Å². The third-order valence-electron chi connectivity index (χ3n) is 2.97. The number of thiophene rings is 1. The predicted molar refractivity (Wildman–Crippen MR) is 77.3 cm³/mol. The Morgan fingerprint density at radius 1 is 1.50 bits per heavy atom. The van der Waals surface area contributed by atoms with Crippen LogP contribution in [0, 0.1) is 13.8 Å². The fraction of sp³-hybridized carbons (Fsp3) is 0.636. The Hall–Kier alpha value is -0.140. The largest absolute Gasteiger partial charge is 0.313 e. The molecule has 104 valence electrons. The number of halogens is 1. The number of sulfonamides is 1. The van der Waals surface area contributed by atoms with E-state index in [1.54, 1.807) is 6.07 Å². The van der Waals surface area contributed by atoms with Crippen molar-refractivity contribution in [2.75, 3.05) is 13.1 Å². The molecular weight excluding hydrogens is 292 g/mol. The Morgan fingerprint density at radius 3 is 2.72 bits per heavy atom. The van der Waals surface area contributed by atoms with Crippen molar-refractivity contribution in [1.29, 1.82) is 0 Å². The summed E-state index contributed by atoms with van der Waals surface area (Å²) in [7, 11) is -3.34. The third-order valence-corrected chi connectivity index (χ3v) is 5.61. The van der Waals surface area contributed by atoms with Gasteiger partial charge in [-0.25, -0.2) is 13.1 Å². The van der Waals surface area contributed by atoms with Crippen molar-refractivity contribution < 1.29 is 8.42 Å². The van der Waals surface area contributed by atoms with E-state index in [1.165, 1.54) is 11.3 Å². The minimum absolute atomic E-state index is 0. The summed E-state index contributed by atoms with van der Waals surface area (Å²) in [5.74, 6) is 0. The summed E-state index contributed by atoms with van der Waals surface area (Å²) < 4.78 is 26.9. The molecule has 18 heavy (non-hydrogen) atoms. The quantitative estimate of drug-likeness (QED) is 0.892. The van der Waals surface area contributed by atoms with Crippen molar-refractivity contribution in [1.82, 2.24) is 10.0 Å². The second-order valence-corrected chi connectivity index (χ2v) is 7.62. The van der Waals surface area contributed by atoms with E-state index in [0.29, 0.717) is 11.4 Å². The standard InChI is InChI=1S/C11H18N2O2S2.ClH/c1-8-6-11(9(2)16-8)17(14,15)13-7-10-4-3-5-12-10;/h6,10,12-13H,3-5,7H2,1-2H3;1H. The molecule has 0 bridgehead atoms. The number of aryl methyl sites for hydroxylation is 2. The van der Waals surface area contributed by atoms with Crippen LogP contribution in [0.2, 0.25) is 0 Å². The lowest BCUT2D eigenvalue weighted by Crippen LogP contribution is -2.37. The monoisotopic (exact) mass is 310 g/mol. The van der Waals surface area contributed by atoms with Crippen LogP contribution >= 0.6 is 23.7 Å². The van der Waals surface area contributed by atoms with E-state index in [1.807, 2.05) is 13.8 Å². The summed E-state index contributed by atoms with van der Waals surface area (Å²) in [5.41, 5.74) is 0. The van der Waals surface area contributed by atoms with Gasteiger partial charge in [0.25, 0.3) is 0 Å². The molecule has 1 aliphatic heterocycles. The first-order chi connectivity index (χ1) is 7.99. The van der Waals surface area contributed by atoms with E-state index in [4.69, 9.17) is 0 Å². The molecule has 1 aromatic heterocycles. The zero-order chi connectivity index (χ0) is 12.5. The molecule has 1 aliphatic rings. The predicted octanol–water partition coefficient (Wildman–Crippen LogP) is 1.82. The van der Waals surface area contributed by atoms with Gasteiger partial charge in [-0.05, 0) is 39.3 Å². The number of hydrogen-bond acceptors (Lipinski definition) is 4. The number of rotatable bonds is 4. The van der Waals surface area contributed by atoms with Gasteiger partial charge in [-0.2, -0.15) is 0 Å². The van der Waals surface area contributed by atoms with E-state index in [0.717, 1.165) is 29.1 Å². The molecular formula is C11H19ClN2O2S2. The van der Waals surface area contributed by atoms with E-state index in [9.17, 15) is 8.42 Å². The Labute approximate surface area is 119 Å². The summed E-state index contributed by atoms with van der Waals surface area (Å²) in [6, 6.07) is 2.02. The van der Waals surface area contributed by atoms with Crippen molar-refractivity contribution in [3.05, 3.63) is 15.8 Å². The second kappa shape index (κ2) is 6.34. The maximum absolute atomic E-state index is 12.1. The normalized spacial score (nSPS) is 19.8. The summed E-state index contributed by atoms with van der Waals surface area (Å²) >= 11 is 1.52. The lowest BCUT2D eigenvalue weighted by molar-refractivity contribution is 0.551. The average molecular weight is 311 g/mol. The molecule has 7 heteroatoms. The Kier molecular flexibility index (Phi) is 5.61. The van der Waals surface area contributed by atoms with Gasteiger partial charge in [0.1, 0.15) is 0 Å². The van der Waals surface area contributed by atoms with Crippen LogP contribution in [-0.2, 0) is 10.0 Å². The van der Waals surface area contributed by atoms with Crippen LogP contribution in [0.3, 0.4) is 0 Å². The second-order valence-electron chi connectivity index (χ2n) is 4.42. The van der Waals surface area contributed by atoms with Crippen molar-refractivity contribution >= 4 is 33.8 Å². The van der Waals surface area contributed by atoms with Gasteiger partial charge in [0.05, 0.1) is 4.90 Å².